The predicted molar refractivity (Wildman–Crippen MR) is 88.9 cm³/mol. The number of benzene rings is 1. The van der Waals surface area contributed by atoms with Gasteiger partial charge in [-0.3, -0.25) is 4.79 Å². The average Bonchev–Trinajstić information content (AvgIpc) is 2.58. The molecule has 1 aromatic carbocycles. The lowest BCUT2D eigenvalue weighted by Crippen LogP contribution is -2.53. The van der Waals surface area contributed by atoms with Crippen LogP contribution in [0.3, 0.4) is 0 Å². The van der Waals surface area contributed by atoms with Crippen LogP contribution >= 0.6 is 0 Å². The molecule has 0 heterocycles. The molecule has 0 bridgehead atoms. The molecule has 4 nitrogen and oxygen atoms in total. The Kier molecular flexibility index (Phi) is 7.89. The van der Waals surface area contributed by atoms with Crippen LogP contribution in [0.25, 0.3) is 0 Å². The number of carbonyl (C=O) groups is 1. The van der Waals surface area contributed by atoms with Gasteiger partial charge in [-0.15, -0.1) is 0 Å². The van der Waals surface area contributed by atoms with Crippen LogP contribution in [0.15, 0.2) is 30.3 Å². The molecule has 0 radical (unpaired) electrons. The summed E-state index contributed by atoms with van der Waals surface area (Å²) in [6.45, 7) is 2.56. The monoisotopic (exact) mass is 361 g/mol. The molecule has 3 atom stereocenters. The van der Waals surface area contributed by atoms with Crippen molar-refractivity contribution < 1.29 is 27.8 Å². The van der Waals surface area contributed by atoms with Crippen LogP contribution in [0.1, 0.15) is 44.8 Å². The summed E-state index contributed by atoms with van der Waals surface area (Å²) in [5.74, 6) is -1.15. The fourth-order valence-electron chi connectivity index (χ4n) is 2.52. The summed E-state index contributed by atoms with van der Waals surface area (Å²) in [7, 11) is 1.36. The minimum atomic E-state index is -4.68. The van der Waals surface area contributed by atoms with E-state index in [0.717, 1.165) is 6.92 Å². The first kappa shape index (κ1) is 21.4. The third kappa shape index (κ3) is 5.44. The quantitative estimate of drug-likeness (QED) is 0.706. The second kappa shape index (κ2) is 9.20. The molecule has 1 rings (SSSR count). The van der Waals surface area contributed by atoms with E-state index in [1.165, 1.54) is 7.11 Å². The standard InChI is InChI=1S/C18H26F3NO3/c1-4-5-11-17(2,18(19,20)21)16(24)22-14(12-25-3)15(23)13-9-7-6-8-10-13/h6-10,14-15,23H,4-5,11-12H2,1-3H3,(H,22,24)/t14-,15+,17-/m0/s1. The Balaban J connectivity index is 3.00. The van der Waals surface area contributed by atoms with Gasteiger partial charge in [0.15, 0.2) is 0 Å². The number of aliphatic hydroxyl groups excluding tert-OH is 1. The molecule has 0 aliphatic carbocycles. The molecule has 0 saturated carbocycles. The molecule has 2 N–H and O–H groups in total. The van der Waals surface area contributed by atoms with E-state index < -0.39 is 29.6 Å². The molecule has 0 aliphatic heterocycles. The molecule has 0 saturated heterocycles. The highest BCUT2D eigenvalue weighted by Crippen LogP contribution is 2.42. The first-order valence-corrected chi connectivity index (χ1v) is 8.27. The zero-order valence-corrected chi connectivity index (χ0v) is 14.8. The number of rotatable bonds is 9. The van der Waals surface area contributed by atoms with Crippen LogP contribution in [-0.2, 0) is 9.53 Å². The zero-order valence-electron chi connectivity index (χ0n) is 14.8. The number of amides is 1. The number of methoxy groups -OCH3 is 1. The second-order valence-corrected chi connectivity index (χ2v) is 6.32. The summed E-state index contributed by atoms with van der Waals surface area (Å²) < 4.78 is 45.4. The van der Waals surface area contributed by atoms with E-state index in [2.05, 4.69) is 5.32 Å². The molecule has 25 heavy (non-hydrogen) atoms. The number of ether oxygens (including phenoxy) is 1. The fraction of sp³-hybridized carbons (Fsp3) is 0.611. The molecule has 1 aromatic rings. The zero-order chi connectivity index (χ0) is 19.1. The lowest BCUT2D eigenvalue weighted by Gasteiger charge is -2.33. The second-order valence-electron chi connectivity index (χ2n) is 6.32. The smallest absolute Gasteiger partial charge is 0.386 e. The lowest BCUT2D eigenvalue weighted by atomic mass is 9.82. The molecular weight excluding hydrogens is 335 g/mol. The first-order valence-electron chi connectivity index (χ1n) is 8.27. The topological polar surface area (TPSA) is 58.6 Å². The SMILES string of the molecule is CCCC[C@@](C)(C(=O)N[C@@H](COC)[C@H](O)c1ccccc1)C(F)(F)F. The number of hydrogen-bond donors (Lipinski definition) is 2. The Morgan fingerprint density at radius 2 is 1.88 bits per heavy atom. The maximum absolute atomic E-state index is 13.5. The van der Waals surface area contributed by atoms with Gasteiger partial charge in [-0.2, -0.15) is 13.2 Å². The van der Waals surface area contributed by atoms with Gasteiger partial charge in [0.1, 0.15) is 11.5 Å². The Bertz CT molecular complexity index is 536. The molecule has 7 heteroatoms. The van der Waals surface area contributed by atoms with Crippen LogP contribution in [0, 0.1) is 5.41 Å². The van der Waals surface area contributed by atoms with Crippen LogP contribution in [-0.4, -0.2) is 36.9 Å². The first-order chi connectivity index (χ1) is 11.7. The molecule has 142 valence electrons. The van der Waals surface area contributed by atoms with E-state index in [1.807, 2.05) is 0 Å². The molecule has 0 fully saturated rings. The fourth-order valence-corrected chi connectivity index (χ4v) is 2.52. The van der Waals surface area contributed by atoms with Gasteiger partial charge in [0.25, 0.3) is 0 Å². The summed E-state index contributed by atoms with van der Waals surface area (Å²) in [6, 6.07) is 7.45. The van der Waals surface area contributed by atoms with Crippen molar-refractivity contribution in [3.05, 3.63) is 35.9 Å². The highest BCUT2D eigenvalue weighted by Gasteiger charge is 2.56. The minimum absolute atomic E-state index is 0.108. The summed E-state index contributed by atoms with van der Waals surface area (Å²) in [6.07, 6.45) is -5.33. The van der Waals surface area contributed by atoms with Crippen molar-refractivity contribution >= 4 is 5.91 Å². The molecule has 0 aliphatic rings. The highest BCUT2D eigenvalue weighted by molar-refractivity contribution is 5.83. The number of hydrogen-bond acceptors (Lipinski definition) is 3. The summed E-state index contributed by atoms with van der Waals surface area (Å²) in [4.78, 5) is 12.4. The van der Waals surface area contributed by atoms with Crippen LogP contribution in [0.4, 0.5) is 13.2 Å². The highest BCUT2D eigenvalue weighted by atomic mass is 19.4. The Morgan fingerprint density at radius 1 is 1.28 bits per heavy atom. The van der Waals surface area contributed by atoms with Crippen molar-refractivity contribution in [2.45, 2.75) is 51.4 Å². The van der Waals surface area contributed by atoms with E-state index in [9.17, 15) is 23.1 Å². The largest absolute Gasteiger partial charge is 0.402 e. The van der Waals surface area contributed by atoms with Crippen LogP contribution in [0.5, 0.6) is 0 Å². The summed E-state index contributed by atoms with van der Waals surface area (Å²) >= 11 is 0. The van der Waals surface area contributed by atoms with E-state index in [4.69, 9.17) is 4.74 Å². The third-order valence-electron chi connectivity index (χ3n) is 4.34. The Labute approximate surface area is 146 Å². The number of carbonyl (C=O) groups excluding carboxylic acids is 1. The van der Waals surface area contributed by atoms with Crippen LogP contribution < -0.4 is 5.32 Å². The van der Waals surface area contributed by atoms with Crippen molar-refractivity contribution in [3.63, 3.8) is 0 Å². The molecule has 1 amide bonds. The van der Waals surface area contributed by atoms with Crippen molar-refractivity contribution in [2.75, 3.05) is 13.7 Å². The molecular formula is C18H26F3NO3. The van der Waals surface area contributed by atoms with Crippen molar-refractivity contribution in [1.29, 1.82) is 0 Å². The van der Waals surface area contributed by atoms with Gasteiger partial charge < -0.3 is 15.2 Å². The van der Waals surface area contributed by atoms with Gasteiger partial charge in [0.2, 0.25) is 5.91 Å². The van der Waals surface area contributed by atoms with Gasteiger partial charge in [-0.25, -0.2) is 0 Å². The summed E-state index contributed by atoms with van der Waals surface area (Å²) in [5.41, 5.74) is -2.02. The Hall–Kier alpha value is -1.60. The Morgan fingerprint density at radius 3 is 2.36 bits per heavy atom. The molecule has 0 spiro atoms. The van der Waals surface area contributed by atoms with Gasteiger partial charge >= 0.3 is 6.18 Å². The number of halogens is 3. The van der Waals surface area contributed by atoms with E-state index >= 15 is 0 Å². The number of aliphatic hydroxyl groups is 1. The third-order valence-corrected chi connectivity index (χ3v) is 4.34. The van der Waals surface area contributed by atoms with Gasteiger partial charge in [-0.1, -0.05) is 50.1 Å². The maximum atomic E-state index is 13.5. The van der Waals surface area contributed by atoms with Gasteiger partial charge in [-0.05, 0) is 18.9 Å². The number of unbranched alkanes of at least 4 members (excludes halogenated alkanes) is 1. The average molecular weight is 361 g/mol. The van der Waals surface area contributed by atoms with Gasteiger partial charge in [0.05, 0.1) is 12.6 Å². The van der Waals surface area contributed by atoms with Crippen molar-refractivity contribution in [3.8, 4) is 0 Å². The molecule has 0 unspecified atom stereocenters. The minimum Gasteiger partial charge on any atom is -0.386 e. The van der Waals surface area contributed by atoms with Crippen LogP contribution in [0.2, 0.25) is 0 Å². The summed E-state index contributed by atoms with van der Waals surface area (Å²) in [5, 5.41) is 12.8. The van der Waals surface area contributed by atoms with E-state index in [-0.39, 0.29) is 19.4 Å². The normalized spacial score (nSPS) is 16.8. The van der Waals surface area contributed by atoms with E-state index in [1.54, 1.807) is 37.3 Å². The van der Waals surface area contributed by atoms with E-state index in [0.29, 0.717) is 12.0 Å². The van der Waals surface area contributed by atoms with Crippen molar-refractivity contribution in [1.82, 2.24) is 5.32 Å². The molecule has 0 aromatic heterocycles. The van der Waals surface area contributed by atoms with Gasteiger partial charge in [0, 0.05) is 7.11 Å². The number of nitrogens with one attached hydrogen (secondary N) is 1. The maximum Gasteiger partial charge on any atom is 0.402 e. The van der Waals surface area contributed by atoms with Crippen molar-refractivity contribution in [2.24, 2.45) is 5.41 Å². The predicted octanol–water partition coefficient (Wildman–Crippen LogP) is 3.61. The lowest BCUT2D eigenvalue weighted by molar-refractivity contribution is -0.219. The number of alkyl halides is 3.